The first kappa shape index (κ1) is 23.3. The number of piperazine rings is 1. The number of aromatic nitrogens is 1. The predicted octanol–water partition coefficient (Wildman–Crippen LogP) is 5.01. The first-order valence-corrected chi connectivity index (χ1v) is 11.5. The van der Waals surface area contributed by atoms with Crippen LogP contribution in [0.5, 0.6) is 0 Å². The number of amides is 2. The zero-order valence-corrected chi connectivity index (χ0v) is 19.8. The summed E-state index contributed by atoms with van der Waals surface area (Å²) in [6.45, 7) is 5.73. The molecule has 0 saturated carbocycles. The summed E-state index contributed by atoms with van der Waals surface area (Å²) in [6, 6.07) is 16.5. The maximum Gasteiger partial charge on any atom is 0.321 e. The summed E-state index contributed by atoms with van der Waals surface area (Å²) in [6.07, 6.45) is 3.68. The van der Waals surface area contributed by atoms with E-state index in [-0.39, 0.29) is 18.0 Å². The van der Waals surface area contributed by atoms with E-state index < -0.39 is 0 Å². The summed E-state index contributed by atoms with van der Waals surface area (Å²) in [5, 5.41) is 17.2. The molecule has 2 N–H and O–H groups in total. The Hall–Kier alpha value is -3.83. The second kappa shape index (κ2) is 10.4. The minimum Gasteiger partial charge on any atom is -0.335 e. The van der Waals surface area contributed by atoms with Crippen LogP contribution in [-0.2, 0) is 0 Å². The lowest BCUT2D eigenvalue weighted by Gasteiger charge is -2.44. The van der Waals surface area contributed by atoms with Crippen LogP contribution >= 0.6 is 11.6 Å². The Balaban J connectivity index is 1.53. The molecule has 34 heavy (non-hydrogen) atoms. The van der Waals surface area contributed by atoms with E-state index in [1.54, 1.807) is 35.4 Å². The van der Waals surface area contributed by atoms with Gasteiger partial charge in [0.2, 0.25) is 12.2 Å². The number of benzene rings is 2. The molecule has 1 fully saturated rings. The fraction of sp³-hybridized carbons (Fsp3) is 0.280. The number of fused-ring (bicyclic) bond motifs is 1. The molecular formula is C25H26ClN7O. The molecule has 2 heterocycles. The predicted molar refractivity (Wildman–Crippen MR) is 136 cm³/mol. The molecule has 174 valence electrons. The first-order valence-electron chi connectivity index (χ1n) is 11.1. The molecule has 0 aliphatic carbocycles. The topological polar surface area (TPSA) is 96.7 Å². The Morgan fingerprint density at radius 1 is 1.15 bits per heavy atom. The van der Waals surface area contributed by atoms with E-state index in [0.29, 0.717) is 36.3 Å². The van der Waals surface area contributed by atoms with Crippen molar-refractivity contribution in [1.82, 2.24) is 14.8 Å². The van der Waals surface area contributed by atoms with Crippen molar-refractivity contribution in [1.29, 1.82) is 5.26 Å². The minimum atomic E-state index is -0.167. The Bertz CT molecular complexity index is 1230. The van der Waals surface area contributed by atoms with Gasteiger partial charge in [-0.1, -0.05) is 31.5 Å². The second-order valence-corrected chi connectivity index (χ2v) is 8.86. The Labute approximate surface area is 203 Å². The largest absolute Gasteiger partial charge is 0.335 e. The number of carbonyl (C=O) groups is 1. The number of nitriles is 1. The zero-order chi connectivity index (χ0) is 24.1. The molecule has 0 spiro atoms. The minimum absolute atomic E-state index is 0.0302. The normalized spacial score (nSPS) is 16.4. The Morgan fingerprint density at radius 2 is 1.94 bits per heavy atom. The van der Waals surface area contributed by atoms with E-state index in [1.165, 1.54) is 0 Å². The molecule has 1 unspecified atom stereocenters. The van der Waals surface area contributed by atoms with Gasteiger partial charge in [-0.05, 0) is 54.4 Å². The lowest BCUT2D eigenvalue weighted by molar-refractivity contribution is 0.120. The van der Waals surface area contributed by atoms with Gasteiger partial charge in [0.05, 0.1) is 17.2 Å². The van der Waals surface area contributed by atoms with Crippen molar-refractivity contribution in [3.63, 3.8) is 0 Å². The molecule has 1 aliphatic rings. The van der Waals surface area contributed by atoms with E-state index in [0.717, 1.165) is 16.6 Å². The van der Waals surface area contributed by atoms with Gasteiger partial charge in [-0.2, -0.15) is 5.26 Å². The highest BCUT2D eigenvalue weighted by Crippen LogP contribution is 2.24. The third-order valence-corrected chi connectivity index (χ3v) is 6.14. The summed E-state index contributed by atoms with van der Waals surface area (Å²) >= 11 is 5.94. The molecule has 1 atom stereocenters. The molecule has 0 radical (unpaired) electrons. The van der Waals surface area contributed by atoms with Gasteiger partial charge in [-0.25, -0.2) is 4.79 Å². The van der Waals surface area contributed by atoms with Crippen molar-refractivity contribution in [2.45, 2.75) is 19.9 Å². The standard InChI is InChI=1S/C25H26ClN7O/c1-17(2)23-15-32(25(34)30-19-10-8-18(26)9-11-19)13-14-33(23)24(29-16-27)31-22-7-3-6-21-20(22)5-4-12-28-21/h3-12,17,23H,13-15H2,1-2H3,(H,29,31)(H,30,34). The number of rotatable bonds is 3. The molecule has 1 aromatic heterocycles. The summed E-state index contributed by atoms with van der Waals surface area (Å²) in [7, 11) is 0. The summed E-state index contributed by atoms with van der Waals surface area (Å²) < 4.78 is 0. The first-order chi connectivity index (χ1) is 16.5. The molecular weight excluding hydrogens is 450 g/mol. The number of urea groups is 1. The maximum absolute atomic E-state index is 12.9. The highest BCUT2D eigenvalue weighted by atomic mass is 35.5. The quantitative estimate of drug-likeness (QED) is 0.315. The number of guanidine groups is 1. The van der Waals surface area contributed by atoms with Crippen molar-refractivity contribution < 1.29 is 4.79 Å². The summed E-state index contributed by atoms with van der Waals surface area (Å²) in [5.74, 6) is 0.682. The molecule has 1 saturated heterocycles. The average Bonchev–Trinajstić information content (AvgIpc) is 2.85. The van der Waals surface area contributed by atoms with E-state index in [2.05, 4.69) is 39.4 Å². The Morgan fingerprint density at radius 3 is 2.68 bits per heavy atom. The van der Waals surface area contributed by atoms with Gasteiger partial charge in [0, 0.05) is 41.9 Å². The van der Waals surface area contributed by atoms with Gasteiger partial charge in [-0.15, -0.1) is 4.99 Å². The van der Waals surface area contributed by atoms with Gasteiger partial charge >= 0.3 is 6.03 Å². The fourth-order valence-corrected chi connectivity index (χ4v) is 4.23. The number of nitrogens with zero attached hydrogens (tertiary/aromatic N) is 5. The highest BCUT2D eigenvalue weighted by Gasteiger charge is 2.34. The van der Waals surface area contributed by atoms with Crippen LogP contribution in [0.25, 0.3) is 10.9 Å². The van der Waals surface area contributed by atoms with Gasteiger partial charge < -0.3 is 20.4 Å². The molecule has 4 rings (SSSR count). The van der Waals surface area contributed by atoms with Gasteiger partial charge in [-0.3, -0.25) is 4.98 Å². The Kier molecular flexibility index (Phi) is 7.14. The highest BCUT2D eigenvalue weighted by molar-refractivity contribution is 6.30. The third kappa shape index (κ3) is 5.21. The van der Waals surface area contributed by atoms with Crippen molar-refractivity contribution in [3.05, 3.63) is 65.8 Å². The maximum atomic E-state index is 12.9. The van der Waals surface area contributed by atoms with Gasteiger partial charge in [0.15, 0.2) is 0 Å². The van der Waals surface area contributed by atoms with Crippen molar-refractivity contribution in [3.8, 4) is 6.19 Å². The number of halogens is 1. The van der Waals surface area contributed by atoms with E-state index in [4.69, 9.17) is 11.6 Å². The number of anilines is 2. The lowest BCUT2D eigenvalue weighted by atomic mass is 10.00. The van der Waals surface area contributed by atoms with E-state index in [9.17, 15) is 10.1 Å². The molecule has 9 heteroatoms. The number of aliphatic imine (C=N–C) groups is 1. The summed E-state index contributed by atoms with van der Waals surface area (Å²) in [5.41, 5.74) is 2.37. The number of pyridine rings is 1. The van der Waals surface area contributed by atoms with E-state index in [1.807, 2.05) is 36.5 Å². The number of hydrogen-bond donors (Lipinski definition) is 2. The van der Waals surface area contributed by atoms with Crippen LogP contribution in [0, 0.1) is 17.4 Å². The van der Waals surface area contributed by atoms with Crippen LogP contribution in [0.1, 0.15) is 13.8 Å². The monoisotopic (exact) mass is 475 g/mol. The van der Waals surface area contributed by atoms with E-state index >= 15 is 0 Å². The SMILES string of the molecule is CC(C)C1CN(C(=O)Nc2ccc(Cl)cc2)CCN1/C(=N/C#N)Nc1cccc2ncccc12. The third-order valence-electron chi connectivity index (χ3n) is 5.89. The van der Waals surface area contributed by atoms with Crippen LogP contribution in [0.3, 0.4) is 0 Å². The van der Waals surface area contributed by atoms with Gasteiger partial charge in [0.25, 0.3) is 0 Å². The fourth-order valence-electron chi connectivity index (χ4n) is 4.11. The van der Waals surface area contributed by atoms with Crippen molar-refractivity contribution in [2.24, 2.45) is 10.9 Å². The number of hydrogen-bond acceptors (Lipinski definition) is 4. The average molecular weight is 476 g/mol. The van der Waals surface area contributed by atoms with Crippen LogP contribution < -0.4 is 10.6 Å². The smallest absolute Gasteiger partial charge is 0.321 e. The van der Waals surface area contributed by atoms with Gasteiger partial charge in [0.1, 0.15) is 0 Å². The van der Waals surface area contributed by atoms with Crippen LogP contribution in [-0.4, -0.2) is 52.5 Å². The molecule has 8 nitrogen and oxygen atoms in total. The van der Waals surface area contributed by atoms with Crippen LogP contribution in [0.4, 0.5) is 16.2 Å². The summed E-state index contributed by atoms with van der Waals surface area (Å²) in [4.78, 5) is 25.3. The second-order valence-electron chi connectivity index (χ2n) is 8.42. The molecule has 3 aromatic rings. The number of nitrogens with one attached hydrogen (secondary N) is 2. The van der Waals surface area contributed by atoms with Crippen LogP contribution in [0.15, 0.2) is 65.8 Å². The zero-order valence-electron chi connectivity index (χ0n) is 19.1. The lowest BCUT2D eigenvalue weighted by Crippen LogP contribution is -2.60. The van der Waals surface area contributed by atoms with Crippen LogP contribution in [0.2, 0.25) is 5.02 Å². The van der Waals surface area contributed by atoms with Crippen molar-refractivity contribution >= 4 is 45.9 Å². The molecule has 1 aliphatic heterocycles. The number of carbonyl (C=O) groups excluding carboxylic acids is 1. The molecule has 2 amide bonds. The molecule has 0 bridgehead atoms. The molecule has 2 aromatic carbocycles. The van der Waals surface area contributed by atoms with Crippen molar-refractivity contribution in [2.75, 3.05) is 30.3 Å².